The highest BCUT2D eigenvalue weighted by molar-refractivity contribution is 5.97. The third-order valence-electron chi connectivity index (χ3n) is 6.20. The van der Waals surface area contributed by atoms with Crippen molar-refractivity contribution in [3.8, 4) is 6.01 Å². The molecule has 5 rings (SSSR count). The maximum absolute atomic E-state index is 13.5. The van der Waals surface area contributed by atoms with E-state index in [2.05, 4.69) is 19.9 Å². The summed E-state index contributed by atoms with van der Waals surface area (Å²) in [4.78, 5) is 34.2. The number of rotatable bonds is 7. The molecule has 39 heavy (non-hydrogen) atoms. The number of imidazole rings is 1. The minimum atomic E-state index is -1.21. The van der Waals surface area contributed by atoms with Crippen molar-refractivity contribution < 1.29 is 24.5 Å². The zero-order valence-corrected chi connectivity index (χ0v) is 21.7. The van der Waals surface area contributed by atoms with E-state index in [0.717, 1.165) is 0 Å². The van der Waals surface area contributed by atoms with Crippen LogP contribution in [0.4, 0.5) is 22.0 Å². The molecule has 202 valence electrons. The molecule has 2 aromatic carbocycles. The fourth-order valence-corrected chi connectivity index (χ4v) is 4.31. The molecule has 12 nitrogen and oxygen atoms in total. The fourth-order valence-electron chi connectivity index (χ4n) is 4.31. The molecule has 1 saturated heterocycles. The topological polar surface area (TPSA) is 138 Å². The van der Waals surface area contributed by atoms with E-state index in [9.17, 15) is 15.0 Å². The van der Waals surface area contributed by atoms with Crippen LogP contribution in [0.1, 0.15) is 19.6 Å². The van der Waals surface area contributed by atoms with E-state index in [1.54, 1.807) is 43.3 Å². The van der Waals surface area contributed by atoms with Gasteiger partial charge in [0.2, 0.25) is 0 Å². The van der Waals surface area contributed by atoms with Crippen molar-refractivity contribution in [3.63, 3.8) is 0 Å². The van der Waals surface area contributed by atoms with Crippen LogP contribution in [0.2, 0.25) is 0 Å². The third kappa shape index (κ3) is 5.30. The van der Waals surface area contributed by atoms with E-state index in [-0.39, 0.29) is 17.5 Å². The van der Waals surface area contributed by atoms with Crippen molar-refractivity contribution in [2.75, 3.05) is 19.0 Å². The van der Waals surface area contributed by atoms with Gasteiger partial charge in [-0.25, -0.2) is 19.7 Å². The number of aromatic nitrogens is 4. The number of aliphatic hydroxyl groups is 2. The third-order valence-corrected chi connectivity index (χ3v) is 6.20. The number of nitrogens with zero attached hydrogens (tertiary/aromatic N) is 7. The Hall–Kier alpha value is -4.39. The van der Waals surface area contributed by atoms with Crippen molar-refractivity contribution in [2.45, 2.75) is 37.9 Å². The van der Waals surface area contributed by atoms with Crippen LogP contribution in [0.3, 0.4) is 0 Å². The summed E-state index contributed by atoms with van der Waals surface area (Å²) < 4.78 is 13.1. The number of aliphatic imine (C=N–C) groups is 1. The second kappa shape index (κ2) is 11.2. The number of carbonyl (C=O) groups excluding carboxylic acids is 1. The van der Waals surface area contributed by atoms with E-state index in [1.165, 1.54) is 22.1 Å². The molecule has 4 aromatic rings. The first-order valence-electron chi connectivity index (χ1n) is 12.5. The molecule has 0 radical (unpaired) electrons. The Morgan fingerprint density at radius 3 is 2.26 bits per heavy atom. The monoisotopic (exact) mass is 531 g/mol. The van der Waals surface area contributed by atoms with Gasteiger partial charge in [0.15, 0.2) is 23.2 Å². The molecule has 0 saturated carbocycles. The highest BCUT2D eigenvalue weighted by Gasteiger charge is 2.43. The summed E-state index contributed by atoms with van der Waals surface area (Å²) in [7, 11) is 3.60. The van der Waals surface area contributed by atoms with E-state index < -0.39 is 30.6 Å². The first-order valence-corrected chi connectivity index (χ1v) is 12.5. The summed E-state index contributed by atoms with van der Waals surface area (Å²) in [6, 6.07) is 17.9. The predicted molar refractivity (Wildman–Crippen MR) is 144 cm³/mol. The number of benzene rings is 2. The van der Waals surface area contributed by atoms with Gasteiger partial charge in [0.25, 0.3) is 0 Å². The van der Waals surface area contributed by atoms with Gasteiger partial charge in [-0.3, -0.25) is 4.57 Å². The lowest BCUT2D eigenvalue weighted by Crippen LogP contribution is -2.31. The number of fused-ring (bicyclic) bond motifs is 1. The van der Waals surface area contributed by atoms with Crippen LogP contribution in [-0.4, -0.2) is 79.5 Å². The quantitative estimate of drug-likeness (QED) is 0.271. The predicted octanol–water partition coefficient (Wildman–Crippen LogP) is 3.41. The second-order valence-corrected chi connectivity index (χ2v) is 9.19. The van der Waals surface area contributed by atoms with Gasteiger partial charge in [-0.15, -0.1) is 0 Å². The summed E-state index contributed by atoms with van der Waals surface area (Å²) >= 11 is 0. The van der Waals surface area contributed by atoms with Crippen molar-refractivity contribution in [1.29, 1.82) is 0 Å². The van der Waals surface area contributed by atoms with Crippen LogP contribution in [0.5, 0.6) is 6.01 Å². The van der Waals surface area contributed by atoms with Crippen molar-refractivity contribution in [2.24, 2.45) is 4.99 Å². The fraction of sp³-hybridized carbons (Fsp3) is 0.296. The number of anilines is 2. The molecular formula is C27H29N7O5. The Labute approximate surface area is 224 Å². The van der Waals surface area contributed by atoms with Crippen LogP contribution in [0.15, 0.2) is 72.0 Å². The molecule has 2 aromatic heterocycles. The molecule has 0 aliphatic carbocycles. The Morgan fingerprint density at radius 2 is 1.69 bits per heavy atom. The normalized spacial score (nSPS) is 20.9. The van der Waals surface area contributed by atoms with Crippen LogP contribution >= 0.6 is 0 Å². The molecule has 1 fully saturated rings. The largest absolute Gasteiger partial charge is 0.426 e. The highest BCUT2D eigenvalue weighted by Crippen LogP contribution is 2.35. The van der Waals surface area contributed by atoms with Gasteiger partial charge < -0.3 is 24.6 Å². The molecule has 1 amide bonds. The lowest BCUT2D eigenvalue weighted by molar-refractivity contribution is -0.0356. The van der Waals surface area contributed by atoms with Gasteiger partial charge in [-0.1, -0.05) is 43.3 Å². The first kappa shape index (κ1) is 26.2. The van der Waals surface area contributed by atoms with E-state index in [0.29, 0.717) is 23.3 Å². The van der Waals surface area contributed by atoms with E-state index in [1.807, 2.05) is 43.3 Å². The molecule has 3 heterocycles. The number of carbonyl (C=O) groups is 1. The van der Waals surface area contributed by atoms with Gasteiger partial charge in [0, 0.05) is 14.1 Å². The average Bonchev–Trinajstić information content (AvgIpc) is 3.48. The summed E-state index contributed by atoms with van der Waals surface area (Å²) in [5.74, 6) is 0.154. The SMILES string of the molecule is CC[C@H]1O[C@@H](n2cnc3c(N=CN(C)C)nc(OC(=O)N(c4ccccc4)c4ccccc4)nc32)[C@@H](O)C1O. The molecule has 0 bridgehead atoms. The molecule has 4 atom stereocenters. The summed E-state index contributed by atoms with van der Waals surface area (Å²) in [6.45, 7) is 1.86. The molecule has 1 unspecified atom stereocenters. The van der Waals surface area contributed by atoms with Gasteiger partial charge in [-0.2, -0.15) is 9.97 Å². The Bertz CT molecular complexity index is 1420. The van der Waals surface area contributed by atoms with Crippen molar-refractivity contribution in [1.82, 2.24) is 24.4 Å². The van der Waals surface area contributed by atoms with Gasteiger partial charge in [0.05, 0.1) is 30.1 Å². The smallest absolute Gasteiger partial charge is 0.388 e. The minimum absolute atomic E-state index is 0.154. The van der Waals surface area contributed by atoms with Gasteiger partial charge >= 0.3 is 12.1 Å². The lowest BCUT2D eigenvalue weighted by atomic mass is 10.1. The molecule has 0 spiro atoms. The average molecular weight is 532 g/mol. The number of ether oxygens (including phenoxy) is 2. The number of amides is 1. The Morgan fingerprint density at radius 1 is 1.05 bits per heavy atom. The standard InChI is InChI=1S/C27H29N7O5/c1-4-19-21(35)22(36)25(38-19)33-16-28-20-23(29-15-32(2)3)30-26(31-24(20)33)39-27(37)34(17-11-7-5-8-12-17)18-13-9-6-10-14-18/h5-16,19,21-22,25,35-36H,4H2,1-3H3/t19-,21?,22+,25-/m1/s1. The van der Waals surface area contributed by atoms with Crippen molar-refractivity contribution >= 4 is 40.8 Å². The minimum Gasteiger partial charge on any atom is -0.388 e. The highest BCUT2D eigenvalue weighted by atomic mass is 16.6. The zero-order valence-electron chi connectivity index (χ0n) is 21.7. The van der Waals surface area contributed by atoms with Crippen LogP contribution in [0, 0.1) is 0 Å². The maximum atomic E-state index is 13.5. The first-order chi connectivity index (χ1) is 18.9. The molecule has 2 N–H and O–H groups in total. The Balaban J connectivity index is 1.56. The van der Waals surface area contributed by atoms with E-state index >= 15 is 0 Å². The van der Waals surface area contributed by atoms with Crippen LogP contribution < -0.4 is 9.64 Å². The molecule has 12 heteroatoms. The molecular weight excluding hydrogens is 502 g/mol. The number of aliphatic hydroxyl groups excluding tert-OH is 2. The summed E-state index contributed by atoms with van der Waals surface area (Å²) in [5, 5.41) is 21.1. The zero-order chi connectivity index (χ0) is 27.5. The lowest BCUT2D eigenvalue weighted by Gasteiger charge is -2.21. The number of hydrogen-bond acceptors (Lipinski definition) is 9. The van der Waals surface area contributed by atoms with Crippen molar-refractivity contribution in [3.05, 3.63) is 67.0 Å². The molecule has 1 aliphatic heterocycles. The van der Waals surface area contributed by atoms with Crippen LogP contribution in [0.25, 0.3) is 11.2 Å². The van der Waals surface area contributed by atoms with E-state index in [4.69, 9.17) is 9.47 Å². The van der Waals surface area contributed by atoms with Gasteiger partial charge in [-0.05, 0) is 30.7 Å². The summed E-state index contributed by atoms with van der Waals surface area (Å²) in [5.41, 5.74) is 1.71. The van der Waals surface area contributed by atoms with Gasteiger partial charge in [0.1, 0.15) is 12.2 Å². The molecule has 1 aliphatic rings. The maximum Gasteiger partial charge on any atom is 0.426 e. The second-order valence-electron chi connectivity index (χ2n) is 9.19. The summed E-state index contributed by atoms with van der Waals surface area (Å²) in [6.07, 6.45) is -1.07. The van der Waals surface area contributed by atoms with Crippen LogP contribution in [-0.2, 0) is 4.74 Å². The number of hydrogen-bond donors (Lipinski definition) is 2. The number of para-hydroxylation sites is 2. The Kier molecular flexibility index (Phi) is 7.50.